The van der Waals surface area contributed by atoms with Crippen molar-refractivity contribution in [3.05, 3.63) is 11.4 Å². The Bertz CT molecular complexity index is 145. The third kappa shape index (κ3) is 0.735. The fourth-order valence-electron chi connectivity index (χ4n) is 0.622. The van der Waals surface area contributed by atoms with E-state index in [-0.39, 0.29) is 0 Å². The molecule has 0 saturated carbocycles. The first-order valence-corrected chi connectivity index (χ1v) is 2.83. The van der Waals surface area contributed by atoms with Crippen LogP contribution in [0.15, 0.2) is 16.4 Å². The van der Waals surface area contributed by atoms with E-state index in [0.29, 0.717) is 0 Å². The van der Waals surface area contributed by atoms with Gasteiger partial charge in [-0.1, -0.05) is 0 Å². The largest absolute Gasteiger partial charge is 0.383 e. The first-order valence-electron chi connectivity index (χ1n) is 2.83. The molecule has 0 amide bonds. The number of hydrogen-bond acceptors (Lipinski definition) is 2. The number of hydrogen-bond donors (Lipinski definition) is 1. The summed E-state index contributed by atoms with van der Waals surface area (Å²) in [5, 5.41) is 3.16. The van der Waals surface area contributed by atoms with E-state index < -0.39 is 0 Å². The topological polar surface area (TPSA) is 24.4 Å². The fourth-order valence-corrected chi connectivity index (χ4v) is 0.622. The van der Waals surface area contributed by atoms with Crippen LogP contribution in [-0.4, -0.2) is 12.8 Å². The molecule has 0 aromatic carbocycles. The van der Waals surface area contributed by atoms with E-state index in [1.54, 1.807) is 0 Å². The highest BCUT2D eigenvalue weighted by atomic mass is 15.0. The van der Waals surface area contributed by atoms with Crippen LogP contribution in [0.2, 0.25) is 0 Å². The van der Waals surface area contributed by atoms with E-state index in [0.717, 1.165) is 12.2 Å². The van der Waals surface area contributed by atoms with Gasteiger partial charge in [-0.15, -0.1) is 0 Å². The maximum atomic E-state index is 3.96. The third-order valence-corrected chi connectivity index (χ3v) is 1.14. The summed E-state index contributed by atoms with van der Waals surface area (Å²) >= 11 is 0. The van der Waals surface area contributed by atoms with Crippen LogP contribution in [0.25, 0.3) is 0 Å². The molecular weight excluding hydrogens is 100 g/mol. The van der Waals surface area contributed by atoms with Crippen LogP contribution < -0.4 is 5.32 Å². The van der Waals surface area contributed by atoms with Crippen LogP contribution in [0.5, 0.6) is 0 Å². The third-order valence-electron chi connectivity index (χ3n) is 1.14. The van der Waals surface area contributed by atoms with E-state index in [1.165, 1.54) is 5.70 Å². The molecule has 1 aliphatic heterocycles. The van der Waals surface area contributed by atoms with Crippen molar-refractivity contribution in [1.29, 1.82) is 0 Å². The second-order valence-electron chi connectivity index (χ2n) is 1.79. The summed E-state index contributed by atoms with van der Waals surface area (Å²) in [5.74, 6) is 0. The fraction of sp³-hybridized carbons (Fsp3) is 0.500. The van der Waals surface area contributed by atoms with E-state index in [2.05, 4.69) is 17.2 Å². The average molecular weight is 110 g/mol. The molecule has 0 aromatic rings. The van der Waals surface area contributed by atoms with Crippen molar-refractivity contribution in [3.8, 4) is 0 Å². The molecular formula is C6H10N2. The number of nitrogens with zero attached hydrogens (tertiary/aromatic N) is 1. The molecule has 0 unspecified atom stereocenters. The molecule has 8 heavy (non-hydrogen) atoms. The molecule has 1 heterocycles. The van der Waals surface area contributed by atoms with Crippen molar-refractivity contribution in [2.75, 3.05) is 6.54 Å². The van der Waals surface area contributed by atoms with Crippen molar-refractivity contribution in [3.63, 3.8) is 0 Å². The SMILES string of the molecule is CCNC1=C(C)N=C1. The summed E-state index contributed by atoms with van der Waals surface area (Å²) < 4.78 is 0. The monoisotopic (exact) mass is 110 g/mol. The van der Waals surface area contributed by atoms with Gasteiger partial charge in [0.1, 0.15) is 0 Å². The van der Waals surface area contributed by atoms with E-state index in [4.69, 9.17) is 0 Å². The van der Waals surface area contributed by atoms with Gasteiger partial charge in [0.05, 0.1) is 17.6 Å². The van der Waals surface area contributed by atoms with Crippen LogP contribution >= 0.6 is 0 Å². The maximum absolute atomic E-state index is 3.96. The summed E-state index contributed by atoms with van der Waals surface area (Å²) in [6.45, 7) is 5.06. The van der Waals surface area contributed by atoms with Gasteiger partial charge < -0.3 is 5.32 Å². The van der Waals surface area contributed by atoms with Crippen LogP contribution in [0, 0.1) is 0 Å². The van der Waals surface area contributed by atoms with Gasteiger partial charge in [-0.05, 0) is 13.8 Å². The molecule has 0 bridgehead atoms. The van der Waals surface area contributed by atoms with E-state index in [1.807, 2.05) is 13.1 Å². The summed E-state index contributed by atoms with van der Waals surface area (Å²) in [7, 11) is 0. The normalized spacial score (nSPS) is 16.2. The molecule has 2 nitrogen and oxygen atoms in total. The Labute approximate surface area is 49.3 Å². The van der Waals surface area contributed by atoms with Gasteiger partial charge in [0.2, 0.25) is 0 Å². The number of aliphatic imine (C=N–C) groups is 1. The quantitative estimate of drug-likeness (QED) is 0.561. The Kier molecular flexibility index (Phi) is 1.33. The maximum Gasteiger partial charge on any atom is 0.0741 e. The first kappa shape index (κ1) is 5.35. The average Bonchev–Trinajstić information content (AvgIpc) is 1.79. The highest BCUT2D eigenvalue weighted by Gasteiger charge is 2.02. The molecule has 0 aromatic heterocycles. The molecule has 0 atom stereocenters. The van der Waals surface area contributed by atoms with Crippen molar-refractivity contribution < 1.29 is 0 Å². The van der Waals surface area contributed by atoms with E-state index >= 15 is 0 Å². The lowest BCUT2D eigenvalue weighted by atomic mass is 10.3. The van der Waals surface area contributed by atoms with Gasteiger partial charge in [0.15, 0.2) is 0 Å². The van der Waals surface area contributed by atoms with Gasteiger partial charge in [-0.25, -0.2) is 0 Å². The molecule has 0 spiro atoms. The van der Waals surface area contributed by atoms with Crippen molar-refractivity contribution >= 4 is 6.21 Å². The molecule has 1 N–H and O–H groups in total. The minimum atomic E-state index is 0.985. The zero-order valence-electron chi connectivity index (χ0n) is 5.23. The number of allylic oxidation sites excluding steroid dienone is 2. The van der Waals surface area contributed by atoms with Crippen molar-refractivity contribution in [2.45, 2.75) is 13.8 Å². The highest BCUT2D eigenvalue weighted by molar-refractivity contribution is 5.85. The van der Waals surface area contributed by atoms with Crippen LogP contribution in [0.1, 0.15) is 13.8 Å². The highest BCUT2D eigenvalue weighted by Crippen LogP contribution is 2.07. The number of nitrogens with one attached hydrogen (secondary N) is 1. The molecule has 0 fully saturated rings. The van der Waals surface area contributed by atoms with Crippen LogP contribution in [0.4, 0.5) is 0 Å². The zero-order chi connectivity index (χ0) is 5.98. The second kappa shape index (κ2) is 1.99. The standard InChI is InChI=1S/C6H10N2/c1-3-7-6-4-8-5(6)2/h4,7H,3H2,1-2H3. The van der Waals surface area contributed by atoms with Crippen LogP contribution in [-0.2, 0) is 0 Å². The van der Waals surface area contributed by atoms with Gasteiger partial charge in [-0.2, -0.15) is 0 Å². The Morgan fingerprint density at radius 3 is 2.62 bits per heavy atom. The van der Waals surface area contributed by atoms with E-state index in [9.17, 15) is 0 Å². The molecule has 2 heteroatoms. The Balaban J connectivity index is 2.37. The summed E-state index contributed by atoms with van der Waals surface area (Å²) in [6.07, 6.45) is 1.85. The lowest BCUT2D eigenvalue weighted by Gasteiger charge is -2.11. The summed E-state index contributed by atoms with van der Waals surface area (Å²) in [4.78, 5) is 3.96. The summed E-state index contributed by atoms with van der Waals surface area (Å²) in [5.41, 5.74) is 2.30. The Morgan fingerprint density at radius 1 is 1.75 bits per heavy atom. The molecule has 0 aliphatic carbocycles. The molecule has 44 valence electrons. The van der Waals surface area contributed by atoms with Gasteiger partial charge >= 0.3 is 0 Å². The lowest BCUT2D eigenvalue weighted by Crippen LogP contribution is -2.18. The zero-order valence-corrected chi connectivity index (χ0v) is 5.23. The van der Waals surface area contributed by atoms with Gasteiger partial charge in [0, 0.05) is 6.54 Å². The molecule has 1 aliphatic rings. The molecule has 0 saturated heterocycles. The van der Waals surface area contributed by atoms with Crippen LogP contribution in [0.3, 0.4) is 0 Å². The lowest BCUT2D eigenvalue weighted by molar-refractivity contribution is 0.863. The van der Waals surface area contributed by atoms with Gasteiger partial charge in [0.25, 0.3) is 0 Å². The number of rotatable bonds is 2. The molecule has 0 radical (unpaired) electrons. The predicted octanol–water partition coefficient (Wildman–Crippen LogP) is 0.912. The van der Waals surface area contributed by atoms with Crippen molar-refractivity contribution in [1.82, 2.24) is 5.32 Å². The predicted molar refractivity (Wildman–Crippen MR) is 34.9 cm³/mol. The smallest absolute Gasteiger partial charge is 0.0741 e. The van der Waals surface area contributed by atoms with Crippen molar-refractivity contribution in [2.24, 2.45) is 4.99 Å². The Morgan fingerprint density at radius 2 is 2.50 bits per heavy atom. The second-order valence-corrected chi connectivity index (χ2v) is 1.79. The molecule has 1 rings (SSSR count). The first-order chi connectivity index (χ1) is 3.84. The summed E-state index contributed by atoms with van der Waals surface area (Å²) in [6, 6.07) is 0. The minimum Gasteiger partial charge on any atom is -0.383 e. The Hall–Kier alpha value is -0.790. The van der Waals surface area contributed by atoms with Gasteiger partial charge in [-0.3, -0.25) is 4.99 Å². The minimum absolute atomic E-state index is 0.985.